The van der Waals surface area contributed by atoms with Gasteiger partial charge in [-0.3, -0.25) is 0 Å². The minimum atomic E-state index is -0.422. The van der Waals surface area contributed by atoms with Crippen LogP contribution in [0, 0.1) is 0 Å². The van der Waals surface area contributed by atoms with E-state index in [1.165, 1.54) is 7.05 Å². The third-order valence-electron chi connectivity index (χ3n) is 1.27. The van der Waals surface area contributed by atoms with Gasteiger partial charge >= 0.3 is 5.97 Å². The Morgan fingerprint density at radius 3 is 2.50 bits per heavy atom. The summed E-state index contributed by atoms with van der Waals surface area (Å²) in [5.41, 5.74) is 2.76. The Balaban J connectivity index is 2.75. The molecule has 64 valence electrons. The summed E-state index contributed by atoms with van der Waals surface area (Å²) in [7, 11) is 1.52. The molecular formula is C8H8ClNO2. The van der Waals surface area contributed by atoms with Gasteiger partial charge in [0.05, 0.1) is 5.56 Å². The average Bonchev–Trinajstić information content (AvgIpc) is 2.06. The van der Waals surface area contributed by atoms with Crippen LogP contribution in [0.2, 0.25) is 5.02 Å². The number of hydrogen-bond donors (Lipinski definition) is 1. The van der Waals surface area contributed by atoms with Crippen LogP contribution in [0.25, 0.3) is 0 Å². The molecule has 0 heterocycles. The molecule has 0 unspecified atom stereocenters. The van der Waals surface area contributed by atoms with Crippen LogP contribution in [0.15, 0.2) is 24.3 Å². The first-order valence-electron chi connectivity index (χ1n) is 3.37. The third-order valence-corrected chi connectivity index (χ3v) is 1.53. The van der Waals surface area contributed by atoms with Gasteiger partial charge in [-0.2, -0.15) is 5.48 Å². The quantitative estimate of drug-likeness (QED) is 0.712. The van der Waals surface area contributed by atoms with Crippen LogP contribution in [-0.2, 0) is 4.84 Å². The molecule has 0 radical (unpaired) electrons. The second kappa shape index (κ2) is 4.09. The predicted molar refractivity (Wildman–Crippen MR) is 45.9 cm³/mol. The molecule has 0 bridgehead atoms. The van der Waals surface area contributed by atoms with Crippen molar-refractivity contribution in [2.75, 3.05) is 7.05 Å². The molecule has 0 fully saturated rings. The number of hydroxylamine groups is 1. The van der Waals surface area contributed by atoms with E-state index in [2.05, 4.69) is 10.3 Å². The molecule has 0 spiro atoms. The van der Waals surface area contributed by atoms with E-state index < -0.39 is 5.97 Å². The van der Waals surface area contributed by atoms with E-state index in [1.807, 2.05) is 0 Å². The molecule has 12 heavy (non-hydrogen) atoms. The van der Waals surface area contributed by atoms with E-state index in [0.29, 0.717) is 10.6 Å². The largest absolute Gasteiger partial charge is 0.367 e. The maximum atomic E-state index is 11.0. The standard InChI is InChI=1S/C8H8ClNO2/c1-10-12-8(11)6-2-4-7(9)5-3-6/h2-5,10H,1H3. The lowest BCUT2D eigenvalue weighted by Crippen LogP contribution is -2.14. The summed E-state index contributed by atoms with van der Waals surface area (Å²) in [5, 5.41) is 0.594. The van der Waals surface area contributed by atoms with Crippen molar-refractivity contribution in [1.82, 2.24) is 5.48 Å². The van der Waals surface area contributed by atoms with Gasteiger partial charge in [-0.25, -0.2) is 4.79 Å². The lowest BCUT2D eigenvalue weighted by Gasteiger charge is -2.00. The number of rotatable bonds is 2. The van der Waals surface area contributed by atoms with Crippen molar-refractivity contribution in [2.24, 2.45) is 0 Å². The van der Waals surface area contributed by atoms with Gasteiger partial charge in [0.25, 0.3) is 0 Å². The van der Waals surface area contributed by atoms with Crippen molar-refractivity contribution < 1.29 is 9.63 Å². The van der Waals surface area contributed by atoms with Crippen LogP contribution in [-0.4, -0.2) is 13.0 Å². The molecule has 0 aliphatic heterocycles. The Bertz CT molecular complexity index is 271. The monoisotopic (exact) mass is 185 g/mol. The molecule has 0 aliphatic rings. The normalized spacial score (nSPS) is 9.50. The summed E-state index contributed by atoms with van der Waals surface area (Å²) < 4.78 is 0. The number of carbonyl (C=O) groups is 1. The summed E-state index contributed by atoms with van der Waals surface area (Å²) >= 11 is 5.63. The summed E-state index contributed by atoms with van der Waals surface area (Å²) in [6.45, 7) is 0. The van der Waals surface area contributed by atoms with Crippen LogP contribution >= 0.6 is 11.6 Å². The first kappa shape index (κ1) is 9.03. The van der Waals surface area contributed by atoms with E-state index >= 15 is 0 Å². The fraction of sp³-hybridized carbons (Fsp3) is 0.125. The molecule has 4 heteroatoms. The van der Waals surface area contributed by atoms with Gasteiger partial charge in [-0.1, -0.05) is 11.6 Å². The molecule has 0 saturated carbocycles. The minimum Gasteiger partial charge on any atom is -0.367 e. The Morgan fingerprint density at radius 2 is 2.00 bits per heavy atom. The number of halogens is 1. The van der Waals surface area contributed by atoms with Gasteiger partial charge in [-0.05, 0) is 24.3 Å². The highest BCUT2D eigenvalue weighted by molar-refractivity contribution is 6.30. The molecule has 0 atom stereocenters. The van der Waals surface area contributed by atoms with E-state index in [4.69, 9.17) is 11.6 Å². The van der Waals surface area contributed by atoms with Crippen molar-refractivity contribution in [3.63, 3.8) is 0 Å². The molecular weight excluding hydrogens is 178 g/mol. The summed E-state index contributed by atoms with van der Waals surface area (Å²) in [6, 6.07) is 6.46. The fourth-order valence-corrected chi connectivity index (χ4v) is 0.864. The minimum absolute atomic E-state index is 0.422. The number of hydrogen-bond acceptors (Lipinski definition) is 3. The van der Waals surface area contributed by atoms with Crippen LogP contribution in [0.4, 0.5) is 0 Å². The SMILES string of the molecule is CNOC(=O)c1ccc(Cl)cc1. The van der Waals surface area contributed by atoms with E-state index in [-0.39, 0.29) is 0 Å². The smallest absolute Gasteiger partial charge is 0.356 e. The molecule has 0 aromatic heterocycles. The topological polar surface area (TPSA) is 38.3 Å². The van der Waals surface area contributed by atoms with Gasteiger partial charge in [0.2, 0.25) is 0 Å². The Hall–Kier alpha value is -1.06. The molecule has 0 saturated heterocycles. The Kier molecular flexibility index (Phi) is 3.08. The maximum Gasteiger partial charge on any atom is 0.356 e. The Labute approximate surface area is 75.2 Å². The highest BCUT2D eigenvalue weighted by atomic mass is 35.5. The van der Waals surface area contributed by atoms with Gasteiger partial charge in [0.15, 0.2) is 0 Å². The fourth-order valence-electron chi connectivity index (χ4n) is 0.738. The first-order valence-corrected chi connectivity index (χ1v) is 3.75. The van der Waals surface area contributed by atoms with Crippen molar-refractivity contribution >= 4 is 17.6 Å². The van der Waals surface area contributed by atoms with Gasteiger partial charge in [0.1, 0.15) is 0 Å². The maximum absolute atomic E-state index is 11.0. The van der Waals surface area contributed by atoms with Gasteiger partial charge < -0.3 is 4.84 Å². The molecule has 1 N–H and O–H groups in total. The Morgan fingerprint density at radius 1 is 1.42 bits per heavy atom. The van der Waals surface area contributed by atoms with Crippen LogP contribution in [0.1, 0.15) is 10.4 Å². The van der Waals surface area contributed by atoms with Crippen molar-refractivity contribution in [3.8, 4) is 0 Å². The zero-order valence-corrected chi connectivity index (χ0v) is 7.26. The van der Waals surface area contributed by atoms with Gasteiger partial charge in [-0.15, -0.1) is 0 Å². The van der Waals surface area contributed by atoms with Gasteiger partial charge in [0, 0.05) is 12.1 Å². The number of benzene rings is 1. The zero-order chi connectivity index (χ0) is 8.97. The second-order valence-electron chi connectivity index (χ2n) is 2.10. The summed E-state index contributed by atoms with van der Waals surface area (Å²) in [6.07, 6.45) is 0. The van der Waals surface area contributed by atoms with E-state index in [9.17, 15) is 4.79 Å². The highest BCUT2D eigenvalue weighted by Gasteiger charge is 2.04. The summed E-state index contributed by atoms with van der Waals surface area (Å²) in [5.74, 6) is -0.422. The van der Waals surface area contributed by atoms with Crippen LogP contribution < -0.4 is 5.48 Å². The third kappa shape index (κ3) is 2.22. The summed E-state index contributed by atoms with van der Waals surface area (Å²) in [4.78, 5) is 15.6. The molecule has 1 rings (SSSR count). The first-order chi connectivity index (χ1) is 5.74. The second-order valence-corrected chi connectivity index (χ2v) is 2.54. The lowest BCUT2D eigenvalue weighted by atomic mass is 10.2. The zero-order valence-electron chi connectivity index (χ0n) is 6.50. The van der Waals surface area contributed by atoms with Crippen molar-refractivity contribution in [2.45, 2.75) is 0 Å². The van der Waals surface area contributed by atoms with E-state index in [1.54, 1.807) is 24.3 Å². The number of nitrogens with one attached hydrogen (secondary N) is 1. The molecule has 1 aromatic carbocycles. The number of carbonyl (C=O) groups excluding carboxylic acids is 1. The lowest BCUT2D eigenvalue weighted by molar-refractivity contribution is 0.0310. The predicted octanol–water partition coefficient (Wildman–Crippen LogP) is 1.63. The molecule has 1 aromatic rings. The van der Waals surface area contributed by atoms with Crippen molar-refractivity contribution in [1.29, 1.82) is 0 Å². The van der Waals surface area contributed by atoms with Crippen LogP contribution in [0.5, 0.6) is 0 Å². The average molecular weight is 186 g/mol. The highest BCUT2D eigenvalue weighted by Crippen LogP contribution is 2.09. The molecule has 0 aliphatic carbocycles. The molecule has 3 nitrogen and oxygen atoms in total. The molecule has 0 amide bonds. The van der Waals surface area contributed by atoms with E-state index in [0.717, 1.165) is 0 Å². The van der Waals surface area contributed by atoms with Crippen LogP contribution in [0.3, 0.4) is 0 Å². The van der Waals surface area contributed by atoms with Crippen molar-refractivity contribution in [3.05, 3.63) is 34.9 Å².